The van der Waals surface area contributed by atoms with E-state index in [1.165, 1.54) is 12.1 Å². The number of carbonyl (C=O) groups is 3. The van der Waals surface area contributed by atoms with E-state index < -0.39 is 17.8 Å². The monoisotopic (exact) mass is 361 g/mol. The quantitative estimate of drug-likeness (QED) is 0.661. The molecule has 1 aliphatic rings. The molecule has 6 heteroatoms. The number of hydrogen-bond acceptors (Lipinski definition) is 5. The first kappa shape index (κ1) is 16.8. The zero-order valence-electron chi connectivity index (χ0n) is 14.7. The van der Waals surface area contributed by atoms with E-state index in [1.54, 1.807) is 38.1 Å². The molecule has 0 aliphatic carbocycles. The first-order chi connectivity index (χ1) is 13.0. The summed E-state index contributed by atoms with van der Waals surface area (Å²) < 4.78 is 5.74. The third kappa shape index (κ3) is 2.62. The van der Waals surface area contributed by atoms with Gasteiger partial charge in [-0.05, 0) is 26.0 Å². The third-order valence-electron chi connectivity index (χ3n) is 4.56. The number of carbonyl (C=O) groups excluding carboxylic acids is 3. The molecular formula is C21H15NO5. The lowest BCUT2D eigenvalue weighted by atomic mass is 10.1. The van der Waals surface area contributed by atoms with Gasteiger partial charge in [-0.25, -0.2) is 4.79 Å². The maximum Gasteiger partial charge on any atom is 0.368 e. The van der Waals surface area contributed by atoms with E-state index in [0.29, 0.717) is 27.7 Å². The maximum absolute atomic E-state index is 12.8. The number of rotatable bonds is 3. The van der Waals surface area contributed by atoms with Gasteiger partial charge in [-0.1, -0.05) is 47.5 Å². The molecule has 1 aliphatic heterocycles. The Kier molecular flexibility index (Phi) is 3.88. The molecule has 0 spiro atoms. The normalized spacial score (nSPS) is 13.0. The number of fused-ring (bicyclic) bond motifs is 1. The lowest BCUT2D eigenvalue weighted by Crippen LogP contribution is -2.32. The summed E-state index contributed by atoms with van der Waals surface area (Å²) in [5.74, 6) is -1.25. The summed E-state index contributed by atoms with van der Waals surface area (Å²) in [7, 11) is 0. The first-order valence-electron chi connectivity index (χ1n) is 8.34. The van der Waals surface area contributed by atoms with Crippen LogP contribution in [0.2, 0.25) is 0 Å². The van der Waals surface area contributed by atoms with E-state index in [0.717, 1.165) is 0 Å². The zero-order valence-corrected chi connectivity index (χ0v) is 14.7. The third-order valence-corrected chi connectivity index (χ3v) is 4.56. The number of nitrogens with zero attached hydrogens (tertiary/aromatic N) is 1. The van der Waals surface area contributed by atoms with Crippen molar-refractivity contribution in [2.75, 3.05) is 0 Å². The maximum atomic E-state index is 12.8. The van der Waals surface area contributed by atoms with Gasteiger partial charge in [0.25, 0.3) is 11.8 Å². The van der Waals surface area contributed by atoms with Crippen molar-refractivity contribution >= 4 is 17.8 Å². The Morgan fingerprint density at radius 2 is 1.44 bits per heavy atom. The number of hydrogen-bond donors (Lipinski definition) is 0. The lowest BCUT2D eigenvalue weighted by Gasteiger charge is -2.13. The zero-order chi connectivity index (χ0) is 19.1. The van der Waals surface area contributed by atoms with E-state index in [9.17, 15) is 14.4 Å². The van der Waals surface area contributed by atoms with Crippen molar-refractivity contribution in [3.8, 4) is 11.3 Å². The van der Waals surface area contributed by atoms with Crippen LogP contribution in [0.4, 0.5) is 0 Å². The molecule has 0 atom stereocenters. The predicted octanol–water partition coefficient (Wildman–Crippen LogP) is 3.93. The number of benzene rings is 2. The van der Waals surface area contributed by atoms with Gasteiger partial charge in [0.2, 0.25) is 0 Å². The van der Waals surface area contributed by atoms with Crippen molar-refractivity contribution in [1.29, 1.82) is 0 Å². The number of aryl methyl sites for hydroxylation is 1. The van der Waals surface area contributed by atoms with E-state index >= 15 is 0 Å². The number of furan rings is 1. The summed E-state index contributed by atoms with van der Waals surface area (Å²) in [5.41, 5.74) is 1.89. The fraction of sp³-hybridized carbons (Fsp3) is 0.0952. The molecule has 134 valence electrons. The van der Waals surface area contributed by atoms with Gasteiger partial charge < -0.3 is 9.25 Å². The molecule has 1 aromatic heterocycles. The Balaban J connectivity index is 1.69. The van der Waals surface area contributed by atoms with Gasteiger partial charge in [-0.3, -0.25) is 9.59 Å². The average molecular weight is 361 g/mol. The topological polar surface area (TPSA) is 76.8 Å². The highest BCUT2D eigenvalue weighted by Crippen LogP contribution is 2.32. The summed E-state index contributed by atoms with van der Waals surface area (Å²) >= 11 is 0. The smallest absolute Gasteiger partial charge is 0.368 e. The van der Waals surface area contributed by atoms with Gasteiger partial charge in [0, 0.05) is 11.1 Å². The molecule has 0 saturated heterocycles. The largest absolute Gasteiger partial charge is 0.460 e. The van der Waals surface area contributed by atoms with Gasteiger partial charge in [0.1, 0.15) is 17.1 Å². The number of imide groups is 1. The van der Waals surface area contributed by atoms with Gasteiger partial charge in [0.15, 0.2) is 0 Å². The summed E-state index contributed by atoms with van der Waals surface area (Å²) in [6.07, 6.45) is 0. The number of hydroxylamine groups is 2. The van der Waals surface area contributed by atoms with Crippen LogP contribution in [0.1, 0.15) is 42.4 Å². The van der Waals surface area contributed by atoms with E-state index in [1.807, 2.05) is 18.2 Å². The highest BCUT2D eigenvalue weighted by atomic mass is 16.7. The minimum absolute atomic E-state index is 0.190. The highest BCUT2D eigenvalue weighted by molar-refractivity contribution is 6.21. The van der Waals surface area contributed by atoms with Crippen molar-refractivity contribution in [3.05, 3.63) is 82.6 Å². The molecule has 0 saturated carbocycles. The van der Waals surface area contributed by atoms with Crippen molar-refractivity contribution in [2.24, 2.45) is 0 Å². The van der Waals surface area contributed by atoms with E-state index in [2.05, 4.69) is 0 Å². The Hall–Kier alpha value is -3.67. The molecule has 0 bridgehead atoms. The Labute approximate surface area is 154 Å². The molecule has 6 nitrogen and oxygen atoms in total. The molecule has 3 aromatic rings. The minimum Gasteiger partial charge on any atom is -0.460 e. The average Bonchev–Trinajstić information content (AvgIpc) is 3.12. The van der Waals surface area contributed by atoms with Crippen LogP contribution in [0.25, 0.3) is 11.3 Å². The van der Waals surface area contributed by atoms with Crippen LogP contribution in [0, 0.1) is 13.8 Å². The van der Waals surface area contributed by atoms with Gasteiger partial charge in [-0.15, -0.1) is 0 Å². The Morgan fingerprint density at radius 3 is 2.04 bits per heavy atom. The van der Waals surface area contributed by atoms with E-state index in [-0.39, 0.29) is 16.7 Å². The number of amides is 2. The highest BCUT2D eigenvalue weighted by Gasteiger charge is 2.39. The summed E-state index contributed by atoms with van der Waals surface area (Å²) in [6.45, 7) is 3.46. The van der Waals surface area contributed by atoms with Crippen molar-refractivity contribution in [1.82, 2.24) is 5.06 Å². The molecule has 0 unspecified atom stereocenters. The van der Waals surface area contributed by atoms with Crippen LogP contribution in [0.5, 0.6) is 0 Å². The second kappa shape index (κ2) is 6.25. The summed E-state index contributed by atoms with van der Waals surface area (Å²) in [6, 6.07) is 15.4. The molecule has 0 fully saturated rings. The van der Waals surface area contributed by atoms with Crippen LogP contribution in [-0.2, 0) is 4.84 Å². The molecule has 4 rings (SSSR count). The Bertz CT molecular complexity index is 1050. The fourth-order valence-corrected chi connectivity index (χ4v) is 3.04. The predicted molar refractivity (Wildman–Crippen MR) is 96.0 cm³/mol. The summed E-state index contributed by atoms with van der Waals surface area (Å²) in [4.78, 5) is 42.9. The molecule has 0 N–H and O–H groups in total. The van der Waals surface area contributed by atoms with E-state index in [4.69, 9.17) is 9.25 Å². The second-order valence-corrected chi connectivity index (χ2v) is 6.18. The molecule has 27 heavy (non-hydrogen) atoms. The molecule has 2 aromatic carbocycles. The molecule has 2 heterocycles. The van der Waals surface area contributed by atoms with Gasteiger partial charge in [-0.2, -0.15) is 0 Å². The van der Waals surface area contributed by atoms with Crippen LogP contribution in [-0.4, -0.2) is 22.8 Å². The molecular weight excluding hydrogens is 346 g/mol. The second-order valence-electron chi connectivity index (χ2n) is 6.18. The van der Waals surface area contributed by atoms with Crippen molar-refractivity contribution in [3.63, 3.8) is 0 Å². The molecule has 2 amide bonds. The summed E-state index contributed by atoms with van der Waals surface area (Å²) in [5, 5.41) is 0.504. The fourth-order valence-electron chi connectivity index (χ4n) is 3.04. The lowest BCUT2D eigenvalue weighted by molar-refractivity contribution is -0.0584. The standard InChI is InChI=1S/C21H15NO5/c1-12-13(2)26-18(14-8-4-3-5-9-14)17(12)21(25)27-22-19(23)15-10-6-7-11-16(15)20(22)24/h3-11H,1-2H3. The van der Waals surface area contributed by atoms with Crippen LogP contribution >= 0.6 is 0 Å². The van der Waals surface area contributed by atoms with Crippen LogP contribution in [0.3, 0.4) is 0 Å². The van der Waals surface area contributed by atoms with Crippen LogP contribution in [0.15, 0.2) is 59.0 Å². The molecule has 0 radical (unpaired) electrons. The Morgan fingerprint density at radius 1 is 0.889 bits per heavy atom. The van der Waals surface area contributed by atoms with Gasteiger partial charge in [0.05, 0.1) is 11.1 Å². The van der Waals surface area contributed by atoms with Crippen LogP contribution < -0.4 is 0 Å². The minimum atomic E-state index is -0.822. The SMILES string of the molecule is Cc1oc(-c2ccccc2)c(C(=O)ON2C(=O)c3ccccc3C2=O)c1C. The van der Waals surface area contributed by atoms with Crippen molar-refractivity contribution < 1.29 is 23.6 Å². The van der Waals surface area contributed by atoms with Crippen molar-refractivity contribution in [2.45, 2.75) is 13.8 Å². The van der Waals surface area contributed by atoms with Gasteiger partial charge >= 0.3 is 5.97 Å². The first-order valence-corrected chi connectivity index (χ1v) is 8.34.